The summed E-state index contributed by atoms with van der Waals surface area (Å²) in [5, 5.41) is 3.68. The van der Waals surface area contributed by atoms with Gasteiger partial charge in [-0.2, -0.15) is 0 Å². The molecular formula is C15H23ClN4O. The molecule has 0 spiro atoms. The number of carbonyl (C=O) groups excluding carboxylic acids is 1. The lowest BCUT2D eigenvalue weighted by Gasteiger charge is -2.22. The average Bonchev–Trinajstić information content (AvgIpc) is 2.94. The van der Waals surface area contributed by atoms with Crippen molar-refractivity contribution in [2.45, 2.75) is 38.8 Å². The van der Waals surface area contributed by atoms with Crippen LogP contribution in [0.3, 0.4) is 0 Å². The van der Waals surface area contributed by atoms with Gasteiger partial charge in [0.25, 0.3) is 0 Å². The number of amides is 1. The van der Waals surface area contributed by atoms with Crippen molar-refractivity contribution in [3.05, 3.63) is 23.4 Å². The van der Waals surface area contributed by atoms with E-state index in [0.717, 1.165) is 31.7 Å². The third kappa shape index (κ3) is 3.86. The van der Waals surface area contributed by atoms with Gasteiger partial charge in [-0.25, -0.2) is 4.98 Å². The predicted octanol–water partition coefficient (Wildman–Crippen LogP) is 1.80. The zero-order valence-corrected chi connectivity index (χ0v) is 13.3. The van der Waals surface area contributed by atoms with Crippen LogP contribution in [0.2, 0.25) is 5.02 Å². The third-order valence-electron chi connectivity index (χ3n) is 4.13. The molecule has 1 aromatic rings. The minimum absolute atomic E-state index is 0.0664. The number of nitrogens with two attached hydrogens (primary N) is 1. The summed E-state index contributed by atoms with van der Waals surface area (Å²) in [5.74, 6) is 0.901. The van der Waals surface area contributed by atoms with Crippen molar-refractivity contribution in [2.24, 2.45) is 11.7 Å². The van der Waals surface area contributed by atoms with Crippen molar-refractivity contribution in [3.8, 4) is 0 Å². The Morgan fingerprint density at radius 3 is 3.10 bits per heavy atom. The summed E-state index contributed by atoms with van der Waals surface area (Å²) in [6.07, 6.45) is 3.51. The Kier molecular flexibility index (Phi) is 5.42. The van der Waals surface area contributed by atoms with Crippen molar-refractivity contribution in [1.82, 2.24) is 10.3 Å². The van der Waals surface area contributed by atoms with E-state index in [1.165, 1.54) is 0 Å². The van der Waals surface area contributed by atoms with Gasteiger partial charge in [-0.15, -0.1) is 0 Å². The molecule has 0 radical (unpaired) electrons. The SMILES string of the molecule is CCC(C)C(N)C(=O)NC1CCN(c2ncccc2Cl)C1. The van der Waals surface area contributed by atoms with Gasteiger partial charge < -0.3 is 16.0 Å². The molecule has 5 nitrogen and oxygen atoms in total. The van der Waals surface area contributed by atoms with Crippen molar-refractivity contribution in [3.63, 3.8) is 0 Å². The first-order valence-electron chi connectivity index (χ1n) is 7.44. The lowest BCUT2D eigenvalue weighted by Crippen LogP contribution is -2.49. The van der Waals surface area contributed by atoms with E-state index < -0.39 is 6.04 Å². The number of hydrogen-bond acceptors (Lipinski definition) is 4. The van der Waals surface area contributed by atoms with Gasteiger partial charge in [-0.05, 0) is 24.5 Å². The Labute approximate surface area is 130 Å². The molecule has 1 fully saturated rings. The zero-order chi connectivity index (χ0) is 15.4. The highest BCUT2D eigenvalue weighted by atomic mass is 35.5. The standard InChI is InChI=1S/C15H23ClN4O/c1-3-10(2)13(17)15(21)19-11-6-8-20(9-11)14-12(16)5-4-7-18-14/h4-5,7,10-11,13H,3,6,8-9,17H2,1-2H3,(H,19,21). The summed E-state index contributed by atoms with van der Waals surface area (Å²) in [4.78, 5) is 18.5. The van der Waals surface area contributed by atoms with Gasteiger partial charge in [0, 0.05) is 25.3 Å². The Morgan fingerprint density at radius 2 is 2.43 bits per heavy atom. The van der Waals surface area contributed by atoms with Gasteiger partial charge in [-0.3, -0.25) is 4.79 Å². The van der Waals surface area contributed by atoms with Gasteiger partial charge in [0.2, 0.25) is 5.91 Å². The van der Waals surface area contributed by atoms with Crippen LogP contribution in [0.25, 0.3) is 0 Å². The largest absolute Gasteiger partial charge is 0.353 e. The molecule has 3 N–H and O–H groups in total. The van der Waals surface area contributed by atoms with Crippen LogP contribution in [-0.4, -0.2) is 36.1 Å². The van der Waals surface area contributed by atoms with E-state index in [-0.39, 0.29) is 17.9 Å². The number of hydrogen-bond donors (Lipinski definition) is 2. The summed E-state index contributed by atoms with van der Waals surface area (Å²) in [6, 6.07) is 3.30. The molecule has 1 aliphatic heterocycles. The first-order valence-corrected chi connectivity index (χ1v) is 7.82. The second kappa shape index (κ2) is 7.09. The van der Waals surface area contributed by atoms with E-state index in [1.807, 2.05) is 26.0 Å². The summed E-state index contributed by atoms with van der Waals surface area (Å²) in [7, 11) is 0. The number of aromatic nitrogens is 1. The number of halogens is 1. The first kappa shape index (κ1) is 16.0. The minimum atomic E-state index is -0.442. The van der Waals surface area contributed by atoms with E-state index in [0.29, 0.717) is 5.02 Å². The highest BCUT2D eigenvalue weighted by Crippen LogP contribution is 2.25. The Bertz CT molecular complexity index is 496. The topological polar surface area (TPSA) is 71.2 Å². The van der Waals surface area contributed by atoms with E-state index >= 15 is 0 Å². The summed E-state index contributed by atoms with van der Waals surface area (Å²) >= 11 is 6.16. The average molecular weight is 311 g/mol. The third-order valence-corrected chi connectivity index (χ3v) is 4.43. The van der Waals surface area contributed by atoms with Crippen LogP contribution in [-0.2, 0) is 4.79 Å². The molecule has 0 aliphatic carbocycles. The molecule has 0 aromatic carbocycles. The van der Waals surface area contributed by atoms with E-state index in [2.05, 4.69) is 15.2 Å². The number of anilines is 1. The van der Waals surface area contributed by atoms with Crippen LogP contribution in [0.4, 0.5) is 5.82 Å². The van der Waals surface area contributed by atoms with Crippen molar-refractivity contribution in [2.75, 3.05) is 18.0 Å². The lowest BCUT2D eigenvalue weighted by molar-refractivity contribution is -0.124. The van der Waals surface area contributed by atoms with E-state index in [4.69, 9.17) is 17.3 Å². The maximum Gasteiger partial charge on any atom is 0.237 e. The second-order valence-corrected chi connectivity index (χ2v) is 6.07. The fourth-order valence-electron chi connectivity index (χ4n) is 2.49. The highest BCUT2D eigenvalue weighted by Gasteiger charge is 2.28. The Hall–Kier alpha value is -1.33. The van der Waals surface area contributed by atoms with Crippen LogP contribution < -0.4 is 16.0 Å². The fraction of sp³-hybridized carbons (Fsp3) is 0.600. The van der Waals surface area contributed by atoms with Crippen molar-refractivity contribution >= 4 is 23.3 Å². The molecule has 116 valence electrons. The number of nitrogens with one attached hydrogen (secondary N) is 1. The molecule has 0 bridgehead atoms. The smallest absolute Gasteiger partial charge is 0.237 e. The minimum Gasteiger partial charge on any atom is -0.353 e. The monoisotopic (exact) mass is 310 g/mol. The summed E-state index contributed by atoms with van der Waals surface area (Å²) in [6.45, 7) is 5.59. The van der Waals surface area contributed by atoms with Crippen LogP contribution >= 0.6 is 11.6 Å². The normalized spacial score (nSPS) is 21.1. The molecule has 2 heterocycles. The van der Waals surface area contributed by atoms with Gasteiger partial charge in [-0.1, -0.05) is 31.9 Å². The molecule has 6 heteroatoms. The molecule has 1 amide bonds. The summed E-state index contributed by atoms with van der Waals surface area (Å²) in [5.41, 5.74) is 5.96. The second-order valence-electron chi connectivity index (χ2n) is 5.66. The molecule has 1 aromatic heterocycles. The number of carbonyl (C=O) groups is 1. The van der Waals surface area contributed by atoms with Crippen LogP contribution in [0, 0.1) is 5.92 Å². The van der Waals surface area contributed by atoms with Crippen molar-refractivity contribution < 1.29 is 4.79 Å². The van der Waals surface area contributed by atoms with Gasteiger partial charge in [0.1, 0.15) is 5.82 Å². The molecule has 3 unspecified atom stereocenters. The number of pyridine rings is 1. The van der Waals surface area contributed by atoms with Crippen LogP contribution in [0.15, 0.2) is 18.3 Å². The summed E-state index contributed by atoms with van der Waals surface area (Å²) < 4.78 is 0. The zero-order valence-electron chi connectivity index (χ0n) is 12.6. The van der Waals surface area contributed by atoms with Gasteiger partial charge in [0.15, 0.2) is 0 Å². The lowest BCUT2D eigenvalue weighted by atomic mass is 9.99. The molecule has 2 rings (SSSR count). The van der Waals surface area contributed by atoms with Gasteiger partial charge >= 0.3 is 0 Å². The fourth-order valence-corrected chi connectivity index (χ4v) is 2.73. The Balaban J connectivity index is 1.91. The molecule has 0 saturated carbocycles. The van der Waals surface area contributed by atoms with Crippen LogP contribution in [0.1, 0.15) is 26.7 Å². The molecule has 21 heavy (non-hydrogen) atoms. The van der Waals surface area contributed by atoms with E-state index in [9.17, 15) is 4.79 Å². The number of nitrogens with zero attached hydrogens (tertiary/aromatic N) is 2. The molecule has 3 atom stereocenters. The molecule has 1 saturated heterocycles. The van der Waals surface area contributed by atoms with Gasteiger partial charge in [0.05, 0.1) is 11.1 Å². The molecule has 1 aliphatic rings. The van der Waals surface area contributed by atoms with E-state index in [1.54, 1.807) is 6.20 Å². The van der Waals surface area contributed by atoms with Crippen LogP contribution in [0.5, 0.6) is 0 Å². The number of rotatable bonds is 5. The van der Waals surface area contributed by atoms with Crippen molar-refractivity contribution in [1.29, 1.82) is 0 Å². The maximum atomic E-state index is 12.1. The maximum absolute atomic E-state index is 12.1. The highest BCUT2D eigenvalue weighted by molar-refractivity contribution is 6.32. The first-order chi connectivity index (χ1) is 10.0. The quantitative estimate of drug-likeness (QED) is 0.870. The Morgan fingerprint density at radius 1 is 1.67 bits per heavy atom. The molecular weight excluding hydrogens is 288 g/mol. The predicted molar refractivity (Wildman–Crippen MR) is 85.4 cm³/mol.